The van der Waals surface area contributed by atoms with Gasteiger partial charge < -0.3 is 14.1 Å². The van der Waals surface area contributed by atoms with E-state index in [2.05, 4.69) is 76.3 Å². The van der Waals surface area contributed by atoms with Gasteiger partial charge in [0.15, 0.2) is 8.32 Å². The number of rotatable bonds is 4. The number of carbonyl (C=O) groups excluding carboxylic acids is 1. The maximum absolute atomic E-state index is 13.1. The Balaban J connectivity index is 1.86. The van der Waals surface area contributed by atoms with Crippen LogP contribution in [0.5, 0.6) is 0 Å². The molecule has 0 saturated carbocycles. The summed E-state index contributed by atoms with van der Waals surface area (Å²) in [6.07, 6.45) is 1.46. The van der Waals surface area contributed by atoms with Gasteiger partial charge in [-0.3, -0.25) is 0 Å². The largest absolute Gasteiger partial charge is 0.444 e. The first-order valence-corrected chi connectivity index (χ1v) is 14.3. The van der Waals surface area contributed by atoms with Gasteiger partial charge in [-0.25, -0.2) is 4.79 Å². The summed E-state index contributed by atoms with van der Waals surface area (Å²) in [6, 6.07) is 14.9. The third kappa shape index (κ3) is 5.69. The molecule has 31 heavy (non-hydrogen) atoms. The zero-order valence-corrected chi connectivity index (χ0v) is 21.5. The van der Waals surface area contributed by atoms with E-state index < -0.39 is 13.9 Å². The molecule has 0 radical (unpaired) electrons. The van der Waals surface area contributed by atoms with E-state index in [1.54, 1.807) is 0 Å². The van der Waals surface area contributed by atoms with Crippen LogP contribution in [-0.4, -0.2) is 43.6 Å². The molecular formula is C26H39NO3Si. The standard InChI is InChI=1S/C26H39NO3Si/c1-25(2,3)29-24(28)27-18-22(30-31(7,8)26(4,5)6)17-21(27)16-20-14-11-13-19-12-9-10-15-23(19)20/h9-15,21-22H,16-18H2,1-8H3/t21-,22-/m1/s1. The van der Waals surface area contributed by atoms with E-state index in [1.807, 2.05) is 25.7 Å². The van der Waals surface area contributed by atoms with Gasteiger partial charge >= 0.3 is 6.09 Å². The molecule has 1 fully saturated rings. The van der Waals surface area contributed by atoms with E-state index in [1.165, 1.54) is 16.3 Å². The molecule has 0 N–H and O–H groups in total. The Labute approximate surface area is 189 Å². The highest BCUT2D eigenvalue weighted by Crippen LogP contribution is 2.39. The van der Waals surface area contributed by atoms with Crippen molar-refractivity contribution in [2.24, 2.45) is 0 Å². The topological polar surface area (TPSA) is 38.8 Å². The molecule has 1 aliphatic rings. The first kappa shape index (κ1) is 23.8. The third-order valence-corrected chi connectivity index (χ3v) is 11.1. The summed E-state index contributed by atoms with van der Waals surface area (Å²) < 4.78 is 12.5. The predicted molar refractivity (Wildman–Crippen MR) is 131 cm³/mol. The number of likely N-dealkylation sites (tertiary alicyclic amines) is 1. The number of hydrogen-bond acceptors (Lipinski definition) is 3. The lowest BCUT2D eigenvalue weighted by Crippen LogP contribution is -2.45. The molecule has 0 aromatic heterocycles. The van der Waals surface area contributed by atoms with Crippen LogP contribution in [0.15, 0.2) is 42.5 Å². The van der Waals surface area contributed by atoms with Crippen LogP contribution in [0.25, 0.3) is 10.8 Å². The molecule has 2 atom stereocenters. The number of hydrogen-bond donors (Lipinski definition) is 0. The molecule has 0 unspecified atom stereocenters. The van der Waals surface area contributed by atoms with Gasteiger partial charge in [-0.15, -0.1) is 0 Å². The van der Waals surface area contributed by atoms with Crippen LogP contribution in [0.4, 0.5) is 4.79 Å². The molecule has 0 bridgehead atoms. The molecule has 2 aromatic rings. The molecule has 170 valence electrons. The highest BCUT2D eigenvalue weighted by atomic mass is 28.4. The van der Waals surface area contributed by atoms with E-state index in [-0.39, 0.29) is 23.3 Å². The van der Waals surface area contributed by atoms with Crippen molar-refractivity contribution in [3.05, 3.63) is 48.0 Å². The summed E-state index contributed by atoms with van der Waals surface area (Å²) in [7, 11) is -1.93. The van der Waals surface area contributed by atoms with E-state index in [4.69, 9.17) is 9.16 Å². The molecule has 1 amide bonds. The van der Waals surface area contributed by atoms with Gasteiger partial charge in [-0.2, -0.15) is 0 Å². The summed E-state index contributed by atoms with van der Waals surface area (Å²) in [5, 5.41) is 2.62. The first-order chi connectivity index (χ1) is 14.3. The lowest BCUT2D eigenvalue weighted by atomic mass is 9.97. The Morgan fingerprint density at radius 1 is 1.03 bits per heavy atom. The molecule has 0 spiro atoms. The smallest absolute Gasteiger partial charge is 0.410 e. The monoisotopic (exact) mass is 441 g/mol. The Kier molecular flexibility index (Phi) is 6.59. The van der Waals surface area contributed by atoms with Crippen molar-refractivity contribution in [3.8, 4) is 0 Å². The average Bonchev–Trinajstić information content (AvgIpc) is 3.01. The van der Waals surface area contributed by atoms with E-state index in [0.29, 0.717) is 6.54 Å². The Morgan fingerprint density at radius 2 is 1.68 bits per heavy atom. The fraction of sp³-hybridized carbons (Fsp3) is 0.577. The predicted octanol–water partition coefficient (Wildman–Crippen LogP) is 6.78. The van der Waals surface area contributed by atoms with Gasteiger partial charge in [-0.05, 0) is 68.1 Å². The lowest BCUT2D eigenvalue weighted by molar-refractivity contribution is 0.0211. The van der Waals surface area contributed by atoms with E-state index in [9.17, 15) is 4.79 Å². The molecular weight excluding hydrogens is 402 g/mol. The molecule has 0 aliphatic carbocycles. The van der Waals surface area contributed by atoms with E-state index in [0.717, 1.165) is 12.8 Å². The molecule has 4 nitrogen and oxygen atoms in total. The Hall–Kier alpha value is -1.85. The molecule has 3 rings (SSSR count). The summed E-state index contributed by atoms with van der Waals surface area (Å²) in [5.41, 5.74) is 0.754. The summed E-state index contributed by atoms with van der Waals surface area (Å²) in [6.45, 7) is 17.7. The number of ether oxygens (including phenoxy) is 1. The highest BCUT2D eigenvalue weighted by Gasteiger charge is 2.44. The normalized spacial score (nSPS) is 20.3. The molecule has 2 aromatic carbocycles. The first-order valence-electron chi connectivity index (χ1n) is 11.4. The lowest BCUT2D eigenvalue weighted by Gasteiger charge is -2.38. The van der Waals surface area contributed by atoms with Crippen molar-refractivity contribution in [3.63, 3.8) is 0 Å². The third-order valence-electron chi connectivity index (χ3n) is 6.61. The molecule has 1 aliphatic heterocycles. The van der Waals surface area contributed by atoms with Crippen molar-refractivity contribution < 1.29 is 14.0 Å². The van der Waals surface area contributed by atoms with Crippen molar-refractivity contribution in [2.45, 2.75) is 90.3 Å². The highest BCUT2D eigenvalue weighted by molar-refractivity contribution is 6.74. The minimum Gasteiger partial charge on any atom is -0.444 e. The molecule has 5 heteroatoms. The van der Waals surface area contributed by atoms with Gasteiger partial charge in [0, 0.05) is 12.6 Å². The van der Waals surface area contributed by atoms with Gasteiger partial charge in [0.2, 0.25) is 0 Å². The second-order valence-electron chi connectivity index (χ2n) is 11.4. The van der Waals surface area contributed by atoms with E-state index >= 15 is 0 Å². The number of benzene rings is 2. The average molecular weight is 442 g/mol. The maximum atomic E-state index is 13.1. The van der Waals surface area contributed by atoms with Gasteiger partial charge in [0.25, 0.3) is 0 Å². The minimum atomic E-state index is -1.93. The number of amides is 1. The molecule has 1 saturated heterocycles. The fourth-order valence-electron chi connectivity index (χ4n) is 4.01. The van der Waals surface area contributed by atoms with Crippen LogP contribution in [0.1, 0.15) is 53.5 Å². The van der Waals surface area contributed by atoms with Crippen LogP contribution in [0.2, 0.25) is 18.1 Å². The van der Waals surface area contributed by atoms with Crippen LogP contribution >= 0.6 is 0 Å². The van der Waals surface area contributed by atoms with Crippen LogP contribution in [-0.2, 0) is 15.6 Å². The second-order valence-corrected chi connectivity index (χ2v) is 16.1. The van der Waals surface area contributed by atoms with Crippen LogP contribution in [0, 0.1) is 0 Å². The second kappa shape index (κ2) is 8.59. The number of carbonyl (C=O) groups is 1. The minimum absolute atomic E-state index is 0.0494. The maximum Gasteiger partial charge on any atom is 0.410 e. The van der Waals surface area contributed by atoms with Gasteiger partial charge in [0.1, 0.15) is 5.60 Å². The van der Waals surface area contributed by atoms with Crippen molar-refractivity contribution in [1.82, 2.24) is 4.90 Å². The summed E-state index contributed by atoms with van der Waals surface area (Å²) >= 11 is 0. The zero-order chi connectivity index (χ0) is 23.0. The molecule has 1 heterocycles. The number of fused-ring (bicyclic) bond motifs is 1. The van der Waals surface area contributed by atoms with Crippen molar-refractivity contribution in [2.75, 3.05) is 6.54 Å². The SMILES string of the molecule is CC(C)(C)OC(=O)N1C[C@H](O[Si](C)(C)C(C)(C)C)C[C@H]1Cc1cccc2ccccc12. The fourth-order valence-corrected chi connectivity index (χ4v) is 5.37. The van der Waals surface area contributed by atoms with Gasteiger partial charge in [-0.1, -0.05) is 63.2 Å². The number of nitrogens with zero attached hydrogens (tertiary/aromatic N) is 1. The Morgan fingerprint density at radius 3 is 2.32 bits per heavy atom. The Bertz CT molecular complexity index is 921. The van der Waals surface area contributed by atoms with Crippen LogP contribution < -0.4 is 0 Å². The van der Waals surface area contributed by atoms with Crippen LogP contribution in [0.3, 0.4) is 0 Å². The summed E-state index contributed by atoms with van der Waals surface area (Å²) in [5.74, 6) is 0. The summed E-state index contributed by atoms with van der Waals surface area (Å²) in [4.78, 5) is 15.0. The van der Waals surface area contributed by atoms with Crippen molar-refractivity contribution >= 4 is 25.2 Å². The van der Waals surface area contributed by atoms with Crippen molar-refractivity contribution in [1.29, 1.82) is 0 Å². The van der Waals surface area contributed by atoms with Gasteiger partial charge in [0.05, 0.1) is 6.10 Å². The quantitative estimate of drug-likeness (QED) is 0.491. The zero-order valence-electron chi connectivity index (χ0n) is 20.5.